The second-order valence-corrected chi connectivity index (χ2v) is 5.86. The fraction of sp³-hybridized carbons (Fsp3) is 0.364. The maximum Gasteiger partial charge on any atom is 0.328 e. The predicted octanol–water partition coefficient (Wildman–Crippen LogP) is 2.05. The van der Waals surface area contributed by atoms with Gasteiger partial charge in [-0.25, -0.2) is 17.9 Å². The molecule has 0 aliphatic heterocycles. The Labute approximate surface area is 112 Å². The molecule has 0 bridgehead atoms. The molecule has 0 heterocycles. The first-order valence-electron chi connectivity index (χ1n) is 5.43. The highest BCUT2D eigenvalue weighted by molar-refractivity contribution is 7.90. The molecule has 7 heteroatoms. The van der Waals surface area contributed by atoms with Gasteiger partial charge in [-0.1, -0.05) is 24.6 Å². The summed E-state index contributed by atoms with van der Waals surface area (Å²) in [6.45, 7) is 4.05. The normalized spacial score (nSPS) is 11.1. The lowest BCUT2D eigenvalue weighted by atomic mass is 10.2. The average Bonchev–Trinajstić information content (AvgIpc) is 2.29. The van der Waals surface area contributed by atoms with Gasteiger partial charge < -0.3 is 5.32 Å². The van der Waals surface area contributed by atoms with Crippen molar-refractivity contribution in [2.24, 2.45) is 0 Å². The van der Waals surface area contributed by atoms with Crippen LogP contribution in [0.4, 0.5) is 4.79 Å². The number of nitrogens with one attached hydrogen (secondary N) is 2. The summed E-state index contributed by atoms with van der Waals surface area (Å²) in [5, 5.41) is 2.76. The van der Waals surface area contributed by atoms with Gasteiger partial charge in [0.15, 0.2) is 0 Å². The van der Waals surface area contributed by atoms with Gasteiger partial charge in [0.2, 0.25) is 0 Å². The van der Waals surface area contributed by atoms with Gasteiger partial charge in [0.25, 0.3) is 10.0 Å². The van der Waals surface area contributed by atoms with Gasteiger partial charge in [-0.2, -0.15) is 0 Å². The summed E-state index contributed by atoms with van der Waals surface area (Å²) in [5.74, 6) is 0. The van der Waals surface area contributed by atoms with Crippen LogP contribution in [0.5, 0.6) is 0 Å². The number of sulfonamides is 1. The van der Waals surface area contributed by atoms with E-state index in [1.54, 1.807) is 13.0 Å². The summed E-state index contributed by atoms with van der Waals surface area (Å²) in [6.07, 6.45) is 0.726. The summed E-state index contributed by atoms with van der Waals surface area (Å²) < 4.78 is 25.6. The number of amides is 2. The van der Waals surface area contributed by atoms with Crippen LogP contribution < -0.4 is 10.0 Å². The van der Waals surface area contributed by atoms with E-state index in [4.69, 9.17) is 11.6 Å². The van der Waals surface area contributed by atoms with E-state index in [1.807, 2.05) is 11.6 Å². The Morgan fingerprint density at radius 3 is 2.61 bits per heavy atom. The van der Waals surface area contributed by atoms with Crippen molar-refractivity contribution >= 4 is 27.7 Å². The van der Waals surface area contributed by atoms with E-state index in [1.165, 1.54) is 12.1 Å². The Balaban J connectivity index is 2.86. The second-order valence-electron chi connectivity index (χ2n) is 3.77. The molecule has 0 aliphatic rings. The van der Waals surface area contributed by atoms with E-state index >= 15 is 0 Å². The Morgan fingerprint density at radius 1 is 1.39 bits per heavy atom. The highest BCUT2D eigenvalue weighted by Crippen LogP contribution is 2.19. The van der Waals surface area contributed by atoms with Gasteiger partial charge in [-0.3, -0.25) is 0 Å². The Bertz CT molecular complexity index is 543. The number of halogens is 1. The molecule has 0 saturated heterocycles. The molecule has 100 valence electrons. The molecular formula is C11H15ClN2O3S. The highest BCUT2D eigenvalue weighted by Gasteiger charge is 2.17. The first-order chi connectivity index (χ1) is 8.36. The lowest BCUT2D eigenvalue weighted by molar-refractivity contribution is 0.246. The van der Waals surface area contributed by atoms with Crippen molar-refractivity contribution in [3.8, 4) is 0 Å². The van der Waals surface area contributed by atoms with Crippen molar-refractivity contribution in [3.05, 3.63) is 28.8 Å². The maximum absolute atomic E-state index is 11.8. The van der Waals surface area contributed by atoms with Crippen molar-refractivity contribution in [1.82, 2.24) is 10.0 Å². The third kappa shape index (κ3) is 3.89. The summed E-state index contributed by atoms with van der Waals surface area (Å²) in [7, 11) is -3.88. The summed E-state index contributed by atoms with van der Waals surface area (Å²) in [6, 6.07) is 3.55. The Hall–Kier alpha value is -1.27. The number of benzene rings is 1. The number of hydrogen-bond acceptors (Lipinski definition) is 3. The van der Waals surface area contributed by atoms with Crippen LogP contribution in [0, 0.1) is 6.92 Å². The predicted molar refractivity (Wildman–Crippen MR) is 70.2 cm³/mol. The first kappa shape index (κ1) is 14.8. The molecule has 0 spiro atoms. The number of aryl methyl sites for hydroxylation is 1. The number of carbonyl (C=O) groups excluding carboxylic acids is 1. The van der Waals surface area contributed by atoms with Crippen LogP contribution in [0.3, 0.4) is 0 Å². The molecule has 1 aromatic carbocycles. The molecule has 2 amide bonds. The number of urea groups is 1. The van der Waals surface area contributed by atoms with Gasteiger partial charge in [0.1, 0.15) is 0 Å². The summed E-state index contributed by atoms with van der Waals surface area (Å²) in [5.41, 5.74) is 0.769. The van der Waals surface area contributed by atoms with Crippen molar-refractivity contribution in [1.29, 1.82) is 0 Å². The molecule has 0 unspecified atom stereocenters. The highest BCUT2D eigenvalue weighted by atomic mass is 35.5. The van der Waals surface area contributed by atoms with Crippen molar-refractivity contribution in [3.63, 3.8) is 0 Å². The van der Waals surface area contributed by atoms with Crippen LogP contribution in [-0.2, 0) is 10.0 Å². The molecule has 0 saturated carbocycles. The topological polar surface area (TPSA) is 75.3 Å². The fourth-order valence-electron chi connectivity index (χ4n) is 1.20. The van der Waals surface area contributed by atoms with Gasteiger partial charge in [0.05, 0.1) is 4.90 Å². The zero-order valence-corrected chi connectivity index (χ0v) is 11.7. The molecule has 2 N–H and O–H groups in total. The molecule has 0 radical (unpaired) electrons. The molecule has 0 aliphatic carbocycles. The lowest BCUT2D eigenvalue weighted by Crippen LogP contribution is -2.39. The van der Waals surface area contributed by atoms with Crippen LogP contribution in [-0.4, -0.2) is 21.0 Å². The van der Waals surface area contributed by atoms with Crippen LogP contribution in [0.15, 0.2) is 23.1 Å². The van der Waals surface area contributed by atoms with Crippen LogP contribution in [0.1, 0.15) is 18.9 Å². The van der Waals surface area contributed by atoms with Gasteiger partial charge >= 0.3 is 6.03 Å². The minimum atomic E-state index is -3.88. The molecule has 0 aromatic heterocycles. The third-order valence-corrected chi connectivity index (χ3v) is 3.95. The smallest absolute Gasteiger partial charge is 0.328 e. The molecule has 0 fully saturated rings. The summed E-state index contributed by atoms with van der Waals surface area (Å²) in [4.78, 5) is 11.3. The molecular weight excluding hydrogens is 276 g/mol. The average molecular weight is 291 g/mol. The standard InChI is InChI=1S/C11H15ClN2O3S/c1-3-6-13-11(15)14-18(16,17)9-5-4-8(2)10(12)7-9/h4-5,7H,3,6H2,1-2H3,(H2,13,14,15). The Morgan fingerprint density at radius 2 is 2.06 bits per heavy atom. The zero-order chi connectivity index (χ0) is 13.8. The van der Waals surface area contributed by atoms with E-state index in [-0.39, 0.29) is 4.90 Å². The molecule has 0 atom stereocenters. The van der Waals surface area contributed by atoms with Crippen LogP contribution in [0.2, 0.25) is 5.02 Å². The van der Waals surface area contributed by atoms with Crippen molar-refractivity contribution in [2.75, 3.05) is 6.54 Å². The van der Waals surface area contributed by atoms with E-state index in [0.29, 0.717) is 11.6 Å². The maximum atomic E-state index is 11.8. The fourth-order valence-corrected chi connectivity index (χ4v) is 2.40. The van der Waals surface area contributed by atoms with E-state index in [9.17, 15) is 13.2 Å². The molecule has 1 rings (SSSR count). The van der Waals surface area contributed by atoms with E-state index in [0.717, 1.165) is 12.0 Å². The largest absolute Gasteiger partial charge is 0.337 e. The molecule has 1 aromatic rings. The van der Waals surface area contributed by atoms with Gasteiger partial charge in [-0.05, 0) is 31.0 Å². The monoisotopic (exact) mass is 290 g/mol. The number of rotatable bonds is 4. The number of hydrogen-bond donors (Lipinski definition) is 2. The van der Waals surface area contributed by atoms with E-state index in [2.05, 4.69) is 5.32 Å². The van der Waals surface area contributed by atoms with E-state index < -0.39 is 16.1 Å². The zero-order valence-electron chi connectivity index (χ0n) is 10.2. The summed E-state index contributed by atoms with van der Waals surface area (Å²) >= 11 is 5.85. The second kappa shape index (κ2) is 6.06. The van der Waals surface area contributed by atoms with Crippen molar-refractivity contribution in [2.45, 2.75) is 25.2 Å². The first-order valence-corrected chi connectivity index (χ1v) is 7.29. The molecule has 5 nitrogen and oxygen atoms in total. The quantitative estimate of drug-likeness (QED) is 0.891. The lowest BCUT2D eigenvalue weighted by Gasteiger charge is -2.08. The van der Waals surface area contributed by atoms with Crippen LogP contribution >= 0.6 is 11.6 Å². The number of carbonyl (C=O) groups is 1. The minimum Gasteiger partial charge on any atom is -0.337 e. The third-order valence-electron chi connectivity index (χ3n) is 2.22. The van der Waals surface area contributed by atoms with Gasteiger partial charge in [0, 0.05) is 11.6 Å². The Kier molecular flexibility index (Phi) is 4.98. The SMILES string of the molecule is CCCNC(=O)NS(=O)(=O)c1ccc(C)c(Cl)c1. The van der Waals surface area contributed by atoms with Crippen molar-refractivity contribution < 1.29 is 13.2 Å². The minimum absolute atomic E-state index is 0.0373. The van der Waals surface area contributed by atoms with Crippen LogP contribution in [0.25, 0.3) is 0 Å². The molecule has 18 heavy (non-hydrogen) atoms. The van der Waals surface area contributed by atoms with Gasteiger partial charge in [-0.15, -0.1) is 0 Å².